The number of amides is 2. The number of hydrogen-bond donors (Lipinski definition) is 2. The molecule has 2 amide bonds. The van der Waals surface area contributed by atoms with Crippen molar-refractivity contribution in [3.8, 4) is 0 Å². The molecule has 0 aromatic heterocycles. The standard InChI is InChI=1S/C23H21FN2O2S/c1-15-6-5-7-16(2)22(15)26-21(27)14-29-18-12-10-17(11-13-18)25-23(28)19-8-3-4-9-20(19)24/h3-13H,14H2,1-2H3,(H,25,28)(H,26,27). The number of aryl methyl sites for hydroxylation is 2. The minimum atomic E-state index is -0.563. The second-order valence-electron chi connectivity index (χ2n) is 6.56. The van der Waals surface area contributed by atoms with Gasteiger partial charge in [0.25, 0.3) is 5.91 Å². The van der Waals surface area contributed by atoms with Gasteiger partial charge in [0.05, 0.1) is 11.3 Å². The van der Waals surface area contributed by atoms with Gasteiger partial charge < -0.3 is 10.6 Å². The molecular formula is C23H21FN2O2S. The highest BCUT2D eigenvalue weighted by Crippen LogP contribution is 2.23. The summed E-state index contributed by atoms with van der Waals surface area (Å²) in [5, 5.41) is 5.63. The van der Waals surface area contributed by atoms with Crippen LogP contribution >= 0.6 is 11.8 Å². The predicted molar refractivity (Wildman–Crippen MR) is 116 cm³/mol. The first-order chi connectivity index (χ1) is 13.9. The van der Waals surface area contributed by atoms with Crippen molar-refractivity contribution in [3.05, 3.63) is 89.2 Å². The summed E-state index contributed by atoms with van der Waals surface area (Å²) in [5.41, 5.74) is 3.46. The fourth-order valence-electron chi connectivity index (χ4n) is 2.81. The monoisotopic (exact) mass is 408 g/mol. The summed E-state index contributed by atoms with van der Waals surface area (Å²) < 4.78 is 13.7. The smallest absolute Gasteiger partial charge is 0.258 e. The van der Waals surface area contributed by atoms with Crippen molar-refractivity contribution in [1.82, 2.24) is 0 Å². The Bertz CT molecular complexity index is 1020. The molecule has 29 heavy (non-hydrogen) atoms. The SMILES string of the molecule is Cc1cccc(C)c1NC(=O)CSc1ccc(NC(=O)c2ccccc2F)cc1. The number of thioether (sulfide) groups is 1. The molecule has 0 radical (unpaired) electrons. The molecule has 0 spiro atoms. The van der Waals surface area contributed by atoms with Crippen molar-refractivity contribution in [2.24, 2.45) is 0 Å². The maximum atomic E-state index is 13.7. The van der Waals surface area contributed by atoms with E-state index in [1.807, 2.05) is 44.2 Å². The van der Waals surface area contributed by atoms with E-state index < -0.39 is 11.7 Å². The summed E-state index contributed by atoms with van der Waals surface area (Å²) >= 11 is 1.40. The van der Waals surface area contributed by atoms with E-state index in [1.54, 1.807) is 18.2 Å². The molecule has 0 fully saturated rings. The molecule has 0 aliphatic heterocycles. The Hall–Kier alpha value is -3.12. The van der Waals surface area contributed by atoms with Crippen LogP contribution in [-0.2, 0) is 4.79 Å². The van der Waals surface area contributed by atoms with Crippen molar-refractivity contribution in [3.63, 3.8) is 0 Å². The van der Waals surface area contributed by atoms with Gasteiger partial charge in [-0.15, -0.1) is 11.8 Å². The van der Waals surface area contributed by atoms with Crippen LogP contribution in [0.15, 0.2) is 71.6 Å². The van der Waals surface area contributed by atoms with Crippen LogP contribution in [0.3, 0.4) is 0 Å². The van der Waals surface area contributed by atoms with Gasteiger partial charge in [0.2, 0.25) is 5.91 Å². The van der Waals surface area contributed by atoms with Gasteiger partial charge in [-0.3, -0.25) is 9.59 Å². The van der Waals surface area contributed by atoms with Crippen LogP contribution in [-0.4, -0.2) is 17.6 Å². The van der Waals surface area contributed by atoms with Gasteiger partial charge in [-0.2, -0.15) is 0 Å². The van der Waals surface area contributed by atoms with Gasteiger partial charge in [0.1, 0.15) is 5.82 Å². The maximum Gasteiger partial charge on any atom is 0.258 e. The van der Waals surface area contributed by atoms with Gasteiger partial charge >= 0.3 is 0 Å². The topological polar surface area (TPSA) is 58.2 Å². The lowest BCUT2D eigenvalue weighted by atomic mass is 10.1. The number of carbonyl (C=O) groups excluding carboxylic acids is 2. The molecule has 2 N–H and O–H groups in total. The molecule has 0 heterocycles. The van der Waals surface area contributed by atoms with Crippen LogP contribution in [0.4, 0.5) is 15.8 Å². The number of carbonyl (C=O) groups is 2. The van der Waals surface area contributed by atoms with E-state index in [4.69, 9.17) is 0 Å². The average molecular weight is 408 g/mol. The van der Waals surface area contributed by atoms with Crippen molar-refractivity contribution >= 4 is 35.0 Å². The fourth-order valence-corrected chi connectivity index (χ4v) is 3.51. The van der Waals surface area contributed by atoms with E-state index in [0.29, 0.717) is 5.69 Å². The maximum absolute atomic E-state index is 13.7. The lowest BCUT2D eigenvalue weighted by molar-refractivity contribution is -0.113. The van der Waals surface area contributed by atoms with Crippen LogP contribution in [0.2, 0.25) is 0 Å². The third kappa shape index (κ3) is 5.45. The lowest BCUT2D eigenvalue weighted by Crippen LogP contribution is -2.15. The van der Waals surface area contributed by atoms with Crippen LogP contribution in [0.25, 0.3) is 0 Å². The van der Waals surface area contributed by atoms with Crippen molar-refractivity contribution in [1.29, 1.82) is 0 Å². The highest BCUT2D eigenvalue weighted by atomic mass is 32.2. The summed E-state index contributed by atoms with van der Waals surface area (Å²) in [6.45, 7) is 3.92. The van der Waals surface area contributed by atoms with E-state index in [-0.39, 0.29) is 17.2 Å². The molecule has 0 saturated heterocycles. The number of hydrogen-bond acceptors (Lipinski definition) is 3. The Morgan fingerprint density at radius 3 is 2.17 bits per heavy atom. The Morgan fingerprint density at radius 1 is 0.862 bits per heavy atom. The van der Waals surface area contributed by atoms with E-state index in [0.717, 1.165) is 21.7 Å². The molecule has 6 heteroatoms. The minimum Gasteiger partial charge on any atom is -0.325 e. The highest BCUT2D eigenvalue weighted by molar-refractivity contribution is 8.00. The zero-order valence-electron chi connectivity index (χ0n) is 16.2. The number of halogens is 1. The highest BCUT2D eigenvalue weighted by Gasteiger charge is 2.11. The van der Waals surface area contributed by atoms with E-state index >= 15 is 0 Å². The molecule has 0 aliphatic rings. The predicted octanol–water partition coefficient (Wildman–Crippen LogP) is 5.43. The third-order valence-corrected chi connectivity index (χ3v) is 5.36. The zero-order valence-corrected chi connectivity index (χ0v) is 17.0. The van der Waals surface area contributed by atoms with E-state index in [2.05, 4.69) is 10.6 Å². The number of nitrogens with one attached hydrogen (secondary N) is 2. The first-order valence-corrected chi connectivity index (χ1v) is 10.1. The minimum absolute atomic E-state index is 0.00544. The molecular weight excluding hydrogens is 387 g/mol. The molecule has 0 unspecified atom stereocenters. The Balaban J connectivity index is 1.55. The Kier molecular flexibility index (Phi) is 6.67. The molecule has 148 valence electrons. The third-order valence-electron chi connectivity index (χ3n) is 4.35. The first-order valence-electron chi connectivity index (χ1n) is 9.09. The molecule has 0 atom stereocenters. The number of para-hydroxylation sites is 1. The van der Waals surface area contributed by atoms with Crippen LogP contribution in [0, 0.1) is 19.7 Å². The van der Waals surface area contributed by atoms with Gasteiger partial charge in [-0.25, -0.2) is 4.39 Å². The molecule has 3 rings (SSSR count). The summed E-state index contributed by atoms with van der Waals surface area (Å²) in [6.07, 6.45) is 0. The average Bonchev–Trinajstić information content (AvgIpc) is 2.70. The summed E-state index contributed by atoms with van der Waals surface area (Å²) in [5.74, 6) is -0.873. The lowest BCUT2D eigenvalue weighted by Gasteiger charge is -2.11. The Labute approximate surface area is 173 Å². The number of anilines is 2. The van der Waals surface area contributed by atoms with Crippen molar-refractivity contribution in [2.45, 2.75) is 18.7 Å². The van der Waals surface area contributed by atoms with Crippen LogP contribution < -0.4 is 10.6 Å². The van der Waals surface area contributed by atoms with Crippen LogP contribution in [0.1, 0.15) is 21.5 Å². The second kappa shape index (κ2) is 9.39. The normalized spacial score (nSPS) is 10.4. The summed E-state index contributed by atoms with van der Waals surface area (Å²) in [4.78, 5) is 25.3. The van der Waals surface area contributed by atoms with Gasteiger partial charge in [-0.1, -0.05) is 30.3 Å². The van der Waals surface area contributed by atoms with E-state index in [1.165, 1.54) is 30.0 Å². The second-order valence-corrected chi connectivity index (χ2v) is 7.61. The largest absolute Gasteiger partial charge is 0.325 e. The van der Waals surface area contributed by atoms with Crippen molar-refractivity contribution < 1.29 is 14.0 Å². The quantitative estimate of drug-likeness (QED) is 0.535. The molecule has 3 aromatic carbocycles. The summed E-state index contributed by atoms with van der Waals surface area (Å²) in [7, 11) is 0. The molecule has 4 nitrogen and oxygen atoms in total. The fraction of sp³-hybridized carbons (Fsp3) is 0.130. The van der Waals surface area contributed by atoms with Gasteiger partial charge in [0.15, 0.2) is 0 Å². The van der Waals surface area contributed by atoms with E-state index in [9.17, 15) is 14.0 Å². The van der Waals surface area contributed by atoms with Gasteiger partial charge in [0, 0.05) is 16.3 Å². The van der Waals surface area contributed by atoms with Gasteiger partial charge in [-0.05, 0) is 61.4 Å². The zero-order chi connectivity index (χ0) is 20.8. The van der Waals surface area contributed by atoms with Crippen molar-refractivity contribution in [2.75, 3.05) is 16.4 Å². The summed E-state index contributed by atoms with van der Waals surface area (Å²) in [6, 6.07) is 18.8. The Morgan fingerprint density at radius 2 is 1.52 bits per heavy atom. The number of benzene rings is 3. The first kappa shape index (κ1) is 20.6. The molecule has 3 aromatic rings. The molecule has 0 saturated carbocycles. The number of rotatable bonds is 6. The molecule has 0 bridgehead atoms. The molecule has 0 aliphatic carbocycles. The van der Waals surface area contributed by atoms with Crippen LogP contribution in [0.5, 0.6) is 0 Å².